The molecular formula is C27H36N4O. The van der Waals surface area contributed by atoms with E-state index in [1.165, 1.54) is 11.1 Å². The Morgan fingerprint density at radius 3 is 2.38 bits per heavy atom. The number of amides is 2. The number of nitrogens with zero attached hydrogens (tertiary/aromatic N) is 2. The lowest BCUT2D eigenvalue weighted by Crippen LogP contribution is -2.36. The summed E-state index contributed by atoms with van der Waals surface area (Å²) in [6, 6.07) is 18.3. The Balaban J connectivity index is 0.000000416. The second-order valence-corrected chi connectivity index (χ2v) is 8.50. The smallest absolute Gasteiger partial charge is 0.319 e. The van der Waals surface area contributed by atoms with Gasteiger partial charge in [-0.3, -0.25) is 9.80 Å². The van der Waals surface area contributed by atoms with Gasteiger partial charge >= 0.3 is 6.03 Å². The number of aromatic nitrogens is 1. The number of primary amides is 1. The summed E-state index contributed by atoms with van der Waals surface area (Å²) >= 11 is 0. The Bertz CT molecular complexity index is 996. The number of nitrogens with two attached hydrogens (primary N) is 1. The number of anilines is 1. The first kappa shape index (κ1) is 23.6. The van der Waals surface area contributed by atoms with E-state index < -0.39 is 0 Å². The predicted molar refractivity (Wildman–Crippen MR) is 136 cm³/mol. The van der Waals surface area contributed by atoms with Crippen molar-refractivity contribution in [3.05, 3.63) is 72.4 Å². The molecule has 2 heterocycles. The number of rotatable bonds is 6. The van der Waals surface area contributed by atoms with Crippen LogP contribution in [0.5, 0.6) is 0 Å². The van der Waals surface area contributed by atoms with Gasteiger partial charge in [-0.25, -0.2) is 4.79 Å². The summed E-state index contributed by atoms with van der Waals surface area (Å²) in [6.45, 7) is 9.33. The van der Waals surface area contributed by atoms with Crippen LogP contribution >= 0.6 is 0 Å². The number of H-pyrrole nitrogens is 1. The number of hydrogen-bond acceptors (Lipinski definition) is 2. The van der Waals surface area contributed by atoms with Gasteiger partial charge in [0.2, 0.25) is 0 Å². The molecule has 0 spiro atoms. The summed E-state index contributed by atoms with van der Waals surface area (Å²) in [6.07, 6.45) is 7.44. The molecule has 3 aromatic rings. The van der Waals surface area contributed by atoms with Crippen molar-refractivity contribution in [3.8, 4) is 0 Å². The van der Waals surface area contributed by atoms with Crippen LogP contribution in [0, 0.1) is 0 Å². The number of unbranched alkanes of at least 4 members (excludes halogenated alkanes) is 1. The van der Waals surface area contributed by atoms with Crippen LogP contribution in [0.3, 0.4) is 0 Å². The summed E-state index contributed by atoms with van der Waals surface area (Å²) in [4.78, 5) is 19.4. The second kappa shape index (κ2) is 11.5. The number of carbonyl (C=O) groups is 1. The highest BCUT2D eigenvalue weighted by molar-refractivity contribution is 5.98. The minimum Gasteiger partial charge on any atom is -0.361 e. The second-order valence-electron chi connectivity index (χ2n) is 8.50. The van der Waals surface area contributed by atoms with Gasteiger partial charge in [0.25, 0.3) is 0 Å². The summed E-state index contributed by atoms with van der Waals surface area (Å²) in [5.74, 6) is 0. The topological polar surface area (TPSA) is 65.4 Å². The van der Waals surface area contributed by atoms with Gasteiger partial charge in [0.05, 0.1) is 0 Å². The van der Waals surface area contributed by atoms with E-state index in [-0.39, 0.29) is 6.03 Å². The van der Waals surface area contributed by atoms with Crippen LogP contribution in [-0.4, -0.2) is 41.6 Å². The van der Waals surface area contributed by atoms with Crippen LogP contribution in [0.4, 0.5) is 10.5 Å². The van der Waals surface area contributed by atoms with Crippen molar-refractivity contribution in [1.82, 2.24) is 9.88 Å². The quantitative estimate of drug-likeness (QED) is 0.499. The lowest BCUT2D eigenvalue weighted by molar-refractivity contribution is 0.245. The molecule has 0 aliphatic carbocycles. The molecule has 0 fully saturated rings. The standard InChI is InChI=1S/C21H30N4O.C6H6/c1-4-5-10-25(21(22)26)17-6-7-20-18(13-17)19(14-23-20)16-8-11-24(12-9-16)15(2)3;1-2-4-6-5-3-1/h6-8,13-15,23H,4-5,9-12H2,1-3H3,(H2,22,26);1-6H. The van der Waals surface area contributed by atoms with E-state index in [0.29, 0.717) is 12.6 Å². The van der Waals surface area contributed by atoms with Gasteiger partial charge in [-0.2, -0.15) is 0 Å². The van der Waals surface area contributed by atoms with Gasteiger partial charge in [0.1, 0.15) is 0 Å². The Labute approximate surface area is 191 Å². The van der Waals surface area contributed by atoms with Crippen LogP contribution in [0.2, 0.25) is 0 Å². The Kier molecular flexibility index (Phi) is 8.51. The molecule has 0 saturated carbocycles. The monoisotopic (exact) mass is 432 g/mol. The minimum absolute atomic E-state index is 0.389. The van der Waals surface area contributed by atoms with Gasteiger partial charge in [-0.05, 0) is 50.5 Å². The predicted octanol–water partition coefficient (Wildman–Crippen LogP) is 6.04. The van der Waals surface area contributed by atoms with Crippen LogP contribution in [0.25, 0.3) is 16.5 Å². The number of fused-ring (bicyclic) bond motifs is 1. The molecule has 1 aromatic heterocycles. The van der Waals surface area contributed by atoms with E-state index in [4.69, 9.17) is 5.73 Å². The molecule has 5 heteroatoms. The summed E-state index contributed by atoms with van der Waals surface area (Å²) in [7, 11) is 0. The molecule has 0 radical (unpaired) electrons. The molecule has 0 bridgehead atoms. The molecule has 5 nitrogen and oxygen atoms in total. The average molecular weight is 433 g/mol. The lowest BCUT2D eigenvalue weighted by atomic mass is 9.98. The number of benzene rings is 2. The Hall–Kier alpha value is -3.05. The molecule has 2 amide bonds. The van der Waals surface area contributed by atoms with Crippen LogP contribution in [0.15, 0.2) is 66.9 Å². The fourth-order valence-corrected chi connectivity index (χ4v) is 4.01. The first-order valence-electron chi connectivity index (χ1n) is 11.6. The molecule has 0 saturated heterocycles. The molecule has 1 aliphatic rings. The molecule has 1 aliphatic heterocycles. The molecular weight excluding hydrogens is 396 g/mol. The number of nitrogens with one attached hydrogen (secondary N) is 1. The molecule has 0 unspecified atom stereocenters. The molecule has 170 valence electrons. The van der Waals surface area contributed by atoms with Crippen molar-refractivity contribution < 1.29 is 4.79 Å². The minimum atomic E-state index is -0.389. The van der Waals surface area contributed by atoms with Crippen molar-refractivity contribution in [2.24, 2.45) is 5.73 Å². The first-order valence-corrected chi connectivity index (χ1v) is 11.6. The third kappa shape index (κ3) is 6.01. The van der Waals surface area contributed by atoms with Gasteiger partial charge < -0.3 is 10.7 Å². The first-order chi connectivity index (χ1) is 15.5. The zero-order valence-corrected chi connectivity index (χ0v) is 19.6. The number of hydrogen-bond donors (Lipinski definition) is 2. The maximum Gasteiger partial charge on any atom is 0.319 e. The highest BCUT2D eigenvalue weighted by Gasteiger charge is 2.18. The van der Waals surface area contributed by atoms with Crippen LogP contribution in [-0.2, 0) is 0 Å². The summed E-state index contributed by atoms with van der Waals surface area (Å²) in [5.41, 5.74) is 10.2. The van der Waals surface area contributed by atoms with Gasteiger partial charge in [0, 0.05) is 54.0 Å². The van der Waals surface area contributed by atoms with Gasteiger partial charge in [-0.1, -0.05) is 55.8 Å². The highest BCUT2D eigenvalue weighted by Crippen LogP contribution is 2.32. The summed E-state index contributed by atoms with van der Waals surface area (Å²) < 4.78 is 0. The van der Waals surface area contributed by atoms with Crippen molar-refractivity contribution in [1.29, 1.82) is 0 Å². The third-order valence-corrected chi connectivity index (χ3v) is 5.96. The normalized spacial score (nSPS) is 14.1. The maximum absolute atomic E-state index is 11.9. The van der Waals surface area contributed by atoms with E-state index in [0.717, 1.165) is 48.9 Å². The van der Waals surface area contributed by atoms with Gasteiger partial charge in [0.15, 0.2) is 0 Å². The number of aromatic amines is 1. The van der Waals surface area contributed by atoms with E-state index >= 15 is 0 Å². The van der Waals surface area contributed by atoms with Crippen molar-refractivity contribution in [3.63, 3.8) is 0 Å². The van der Waals surface area contributed by atoms with E-state index in [1.54, 1.807) is 4.90 Å². The fourth-order valence-electron chi connectivity index (χ4n) is 4.01. The van der Waals surface area contributed by atoms with E-state index in [9.17, 15) is 4.79 Å². The average Bonchev–Trinajstić information content (AvgIpc) is 3.24. The number of urea groups is 1. The molecule has 4 rings (SSSR count). The van der Waals surface area contributed by atoms with Crippen LogP contribution < -0.4 is 10.6 Å². The third-order valence-electron chi connectivity index (χ3n) is 5.96. The van der Waals surface area contributed by atoms with E-state index in [2.05, 4.69) is 49.0 Å². The van der Waals surface area contributed by atoms with Crippen molar-refractivity contribution in [2.45, 2.75) is 46.1 Å². The highest BCUT2D eigenvalue weighted by atomic mass is 16.2. The lowest BCUT2D eigenvalue weighted by Gasteiger charge is -2.29. The van der Waals surface area contributed by atoms with Crippen molar-refractivity contribution >= 4 is 28.2 Å². The Morgan fingerprint density at radius 2 is 1.84 bits per heavy atom. The fraction of sp³-hybridized carbons (Fsp3) is 0.370. The molecule has 32 heavy (non-hydrogen) atoms. The zero-order valence-electron chi connectivity index (χ0n) is 19.6. The van der Waals surface area contributed by atoms with Crippen LogP contribution in [0.1, 0.15) is 45.6 Å². The zero-order chi connectivity index (χ0) is 22.9. The largest absolute Gasteiger partial charge is 0.361 e. The Morgan fingerprint density at radius 1 is 1.16 bits per heavy atom. The molecule has 2 aromatic carbocycles. The van der Waals surface area contributed by atoms with Gasteiger partial charge in [-0.15, -0.1) is 0 Å². The SMILES string of the molecule is CCCCN(C(N)=O)c1ccc2[nH]cc(C3=CCN(C(C)C)CC3)c2c1.c1ccccc1. The molecule has 0 atom stereocenters. The van der Waals surface area contributed by atoms with E-state index in [1.807, 2.05) is 48.5 Å². The molecule has 3 N–H and O–H groups in total. The summed E-state index contributed by atoms with van der Waals surface area (Å²) in [5, 5.41) is 1.16. The van der Waals surface area contributed by atoms with Crippen molar-refractivity contribution in [2.75, 3.05) is 24.5 Å². The maximum atomic E-state index is 11.9. The number of carbonyl (C=O) groups excluding carboxylic acids is 1.